The monoisotopic (exact) mass is 412 g/mol. The molecule has 0 spiro atoms. The number of aliphatic hydroxyl groups excluding tert-OH is 1. The molecule has 29 heavy (non-hydrogen) atoms. The smallest absolute Gasteiger partial charge is 0.295 e. The van der Waals surface area contributed by atoms with Gasteiger partial charge in [-0.05, 0) is 43.9 Å². The van der Waals surface area contributed by atoms with Crippen molar-refractivity contribution in [2.45, 2.75) is 33.7 Å². The van der Waals surface area contributed by atoms with Crippen molar-refractivity contribution in [1.29, 1.82) is 0 Å². The zero-order valence-corrected chi connectivity index (χ0v) is 18.3. The molecule has 5 nitrogen and oxygen atoms in total. The lowest BCUT2D eigenvalue weighted by molar-refractivity contribution is -0.140. The molecule has 1 N–H and O–H groups in total. The van der Waals surface area contributed by atoms with Crippen LogP contribution in [-0.2, 0) is 9.59 Å². The second-order valence-electron chi connectivity index (χ2n) is 7.35. The highest BCUT2D eigenvalue weighted by molar-refractivity contribution is 7.10. The van der Waals surface area contributed by atoms with Gasteiger partial charge in [-0.15, -0.1) is 11.3 Å². The van der Waals surface area contributed by atoms with Gasteiger partial charge in [0.2, 0.25) is 0 Å². The number of nitrogens with zero attached hydrogens (tertiary/aromatic N) is 2. The van der Waals surface area contributed by atoms with E-state index in [2.05, 4.69) is 18.7 Å². The Morgan fingerprint density at radius 3 is 2.31 bits per heavy atom. The van der Waals surface area contributed by atoms with Crippen LogP contribution in [0.2, 0.25) is 0 Å². The Morgan fingerprint density at radius 1 is 1.10 bits per heavy atom. The molecule has 0 saturated carbocycles. The zero-order chi connectivity index (χ0) is 21.1. The van der Waals surface area contributed by atoms with Crippen LogP contribution in [0.5, 0.6) is 0 Å². The number of amides is 1. The van der Waals surface area contributed by atoms with Crippen LogP contribution < -0.4 is 0 Å². The summed E-state index contributed by atoms with van der Waals surface area (Å²) in [4.78, 5) is 30.7. The molecule has 2 aromatic rings. The molecular formula is C23H28N2O3S. The first-order valence-electron chi connectivity index (χ1n) is 10.0. The van der Waals surface area contributed by atoms with E-state index in [-0.39, 0.29) is 11.3 Å². The lowest BCUT2D eigenvalue weighted by Crippen LogP contribution is -2.37. The summed E-state index contributed by atoms with van der Waals surface area (Å²) in [5.41, 5.74) is 2.82. The van der Waals surface area contributed by atoms with Crippen LogP contribution in [0.4, 0.5) is 0 Å². The highest BCUT2D eigenvalue weighted by Gasteiger charge is 2.46. The van der Waals surface area contributed by atoms with Gasteiger partial charge in [0.25, 0.3) is 11.7 Å². The summed E-state index contributed by atoms with van der Waals surface area (Å²) < 4.78 is 0. The molecule has 6 heteroatoms. The fourth-order valence-corrected chi connectivity index (χ4v) is 4.75. The zero-order valence-electron chi connectivity index (χ0n) is 17.4. The van der Waals surface area contributed by atoms with E-state index in [1.165, 1.54) is 11.3 Å². The number of likely N-dealkylation sites (N-methyl/N-ethyl adjacent to an activating group) is 1. The van der Waals surface area contributed by atoms with Gasteiger partial charge in [-0.2, -0.15) is 0 Å². The third kappa shape index (κ3) is 4.14. The van der Waals surface area contributed by atoms with Crippen LogP contribution in [0.3, 0.4) is 0 Å². The Kier molecular flexibility index (Phi) is 6.55. The van der Waals surface area contributed by atoms with Gasteiger partial charge in [-0.1, -0.05) is 43.7 Å². The Morgan fingerprint density at radius 2 is 1.76 bits per heavy atom. The first-order valence-corrected chi connectivity index (χ1v) is 10.9. The second kappa shape index (κ2) is 8.93. The number of aliphatic hydroxyl groups is 1. The van der Waals surface area contributed by atoms with Gasteiger partial charge >= 0.3 is 0 Å². The molecule has 2 heterocycles. The molecule has 1 fully saturated rings. The van der Waals surface area contributed by atoms with Crippen LogP contribution in [0.25, 0.3) is 5.76 Å². The molecule has 154 valence electrons. The van der Waals surface area contributed by atoms with Gasteiger partial charge < -0.3 is 14.9 Å². The van der Waals surface area contributed by atoms with E-state index in [0.717, 1.165) is 29.1 Å². The van der Waals surface area contributed by atoms with Gasteiger partial charge in [-0.25, -0.2) is 0 Å². The number of carbonyl (C=O) groups is 2. The molecule has 0 bridgehead atoms. The minimum absolute atomic E-state index is 0.105. The fraction of sp³-hybridized carbons (Fsp3) is 0.391. The van der Waals surface area contributed by atoms with E-state index in [9.17, 15) is 14.7 Å². The molecule has 1 unspecified atom stereocenters. The van der Waals surface area contributed by atoms with Gasteiger partial charge in [-0.3, -0.25) is 9.59 Å². The maximum atomic E-state index is 13.0. The van der Waals surface area contributed by atoms with Crippen molar-refractivity contribution in [1.82, 2.24) is 9.80 Å². The number of carbonyl (C=O) groups excluding carboxylic acids is 2. The Bertz CT molecular complexity index is 926. The van der Waals surface area contributed by atoms with Crippen molar-refractivity contribution in [2.24, 2.45) is 0 Å². The summed E-state index contributed by atoms with van der Waals surface area (Å²) in [6.45, 7) is 11.0. The number of likely N-dealkylation sites (tertiary alicyclic amines) is 1. The first-order chi connectivity index (χ1) is 13.9. The average molecular weight is 413 g/mol. The molecule has 0 radical (unpaired) electrons. The van der Waals surface area contributed by atoms with Crippen LogP contribution >= 0.6 is 11.3 Å². The molecule has 1 aliphatic rings. The first kappa shape index (κ1) is 21.3. The number of benzene rings is 1. The molecular weight excluding hydrogens is 384 g/mol. The van der Waals surface area contributed by atoms with Crippen molar-refractivity contribution < 1.29 is 14.7 Å². The SMILES string of the molecule is CCN(CC)CCN1C(=O)C(=O)/C(=C(\O)c2ccc(C)cc2)C1c1sccc1C. The van der Waals surface area contributed by atoms with Crippen LogP contribution in [-0.4, -0.2) is 52.8 Å². The van der Waals surface area contributed by atoms with Crippen molar-refractivity contribution in [2.75, 3.05) is 26.2 Å². The minimum Gasteiger partial charge on any atom is -0.507 e. The molecule has 1 saturated heterocycles. The highest BCUT2D eigenvalue weighted by Crippen LogP contribution is 2.42. The third-order valence-corrected chi connectivity index (χ3v) is 6.64. The van der Waals surface area contributed by atoms with Crippen molar-refractivity contribution in [3.63, 3.8) is 0 Å². The van der Waals surface area contributed by atoms with E-state index in [1.54, 1.807) is 17.0 Å². The Labute approximate surface area is 176 Å². The lowest BCUT2D eigenvalue weighted by Gasteiger charge is -2.27. The fourth-order valence-electron chi connectivity index (χ4n) is 3.70. The molecule has 3 rings (SSSR count). The molecule has 1 aromatic carbocycles. The molecule has 1 atom stereocenters. The highest BCUT2D eigenvalue weighted by atomic mass is 32.1. The number of hydrogen-bond acceptors (Lipinski definition) is 5. The maximum absolute atomic E-state index is 13.0. The Balaban J connectivity index is 2.07. The minimum atomic E-state index is -0.611. The summed E-state index contributed by atoms with van der Waals surface area (Å²) in [6, 6.07) is 8.77. The Hall–Kier alpha value is -2.44. The number of thiophene rings is 1. The largest absolute Gasteiger partial charge is 0.507 e. The topological polar surface area (TPSA) is 60.9 Å². The van der Waals surface area contributed by atoms with Gasteiger partial charge in [0, 0.05) is 23.5 Å². The van der Waals surface area contributed by atoms with Crippen molar-refractivity contribution >= 4 is 28.8 Å². The van der Waals surface area contributed by atoms with Gasteiger partial charge in [0.15, 0.2) is 0 Å². The van der Waals surface area contributed by atoms with E-state index >= 15 is 0 Å². The van der Waals surface area contributed by atoms with Gasteiger partial charge in [0.1, 0.15) is 5.76 Å². The summed E-state index contributed by atoms with van der Waals surface area (Å²) in [5.74, 6) is -1.25. The summed E-state index contributed by atoms with van der Waals surface area (Å²) >= 11 is 1.51. The maximum Gasteiger partial charge on any atom is 0.295 e. The van der Waals surface area contributed by atoms with Crippen LogP contribution in [0.1, 0.15) is 41.5 Å². The molecule has 1 amide bonds. The quantitative estimate of drug-likeness (QED) is 0.422. The summed E-state index contributed by atoms with van der Waals surface area (Å²) in [5, 5.41) is 13.0. The summed E-state index contributed by atoms with van der Waals surface area (Å²) in [6.07, 6.45) is 0. The number of ketones is 1. The van der Waals surface area contributed by atoms with E-state index in [4.69, 9.17) is 0 Å². The number of rotatable bonds is 7. The van der Waals surface area contributed by atoms with E-state index < -0.39 is 17.7 Å². The molecule has 1 aromatic heterocycles. The standard InChI is InChI=1S/C23H28N2O3S/c1-5-24(6-2)12-13-25-19(22-16(4)11-14-29-22)18(21(27)23(25)28)20(26)17-9-7-15(3)8-10-17/h7-11,14,19,26H,5-6,12-13H2,1-4H3/b20-18-. The van der Waals surface area contributed by atoms with E-state index in [0.29, 0.717) is 18.7 Å². The van der Waals surface area contributed by atoms with Crippen LogP contribution in [0.15, 0.2) is 41.3 Å². The normalized spacial score (nSPS) is 18.8. The third-order valence-electron chi connectivity index (χ3n) is 5.57. The second-order valence-corrected chi connectivity index (χ2v) is 8.30. The van der Waals surface area contributed by atoms with E-state index in [1.807, 2.05) is 37.4 Å². The number of Topliss-reactive ketones (excluding diaryl/α,β-unsaturated/α-hetero) is 1. The van der Waals surface area contributed by atoms with Gasteiger partial charge in [0.05, 0.1) is 11.6 Å². The van der Waals surface area contributed by atoms with Crippen molar-refractivity contribution in [3.8, 4) is 0 Å². The van der Waals surface area contributed by atoms with Crippen LogP contribution in [0, 0.1) is 13.8 Å². The number of hydrogen-bond donors (Lipinski definition) is 1. The predicted octanol–water partition coefficient (Wildman–Crippen LogP) is 4.13. The average Bonchev–Trinajstić information content (AvgIpc) is 3.24. The molecule has 1 aliphatic heterocycles. The lowest BCUT2D eigenvalue weighted by atomic mass is 9.98. The predicted molar refractivity (Wildman–Crippen MR) is 117 cm³/mol. The van der Waals surface area contributed by atoms with Crippen molar-refractivity contribution in [3.05, 3.63) is 62.9 Å². The molecule has 0 aliphatic carbocycles. The summed E-state index contributed by atoms with van der Waals surface area (Å²) in [7, 11) is 0. The number of aryl methyl sites for hydroxylation is 2.